The van der Waals surface area contributed by atoms with Crippen LogP contribution < -0.4 is 5.73 Å². The summed E-state index contributed by atoms with van der Waals surface area (Å²) in [4.78, 5) is 24.2. The predicted molar refractivity (Wildman–Crippen MR) is 176 cm³/mol. The Morgan fingerprint density at radius 1 is 0.867 bits per heavy atom. The molecule has 1 fully saturated rings. The number of hydrogen-bond acceptors (Lipinski definition) is 6. The van der Waals surface area contributed by atoms with Gasteiger partial charge in [-0.2, -0.15) is 5.10 Å². The first kappa shape index (κ1) is 28.6. The number of nitrogens with zero attached hydrogens (tertiary/aromatic N) is 5. The molecule has 1 aliphatic rings. The van der Waals surface area contributed by atoms with E-state index in [0.29, 0.717) is 53.3 Å². The minimum atomic E-state index is 0.168. The van der Waals surface area contributed by atoms with Crippen LogP contribution in [-0.2, 0) is 11.2 Å². The highest BCUT2D eigenvalue weighted by Gasteiger charge is 2.25. The summed E-state index contributed by atoms with van der Waals surface area (Å²) in [7, 11) is 0. The van der Waals surface area contributed by atoms with Crippen LogP contribution >= 0.6 is 11.6 Å². The molecule has 0 spiro atoms. The topological polar surface area (TPSA) is 103 Å². The van der Waals surface area contributed by atoms with Crippen LogP contribution in [0.3, 0.4) is 0 Å². The molecule has 8 nitrogen and oxygen atoms in total. The fourth-order valence-electron chi connectivity index (χ4n) is 5.81. The summed E-state index contributed by atoms with van der Waals surface area (Å²) in [6, 6.07) is 29.4. The summed E-state index contributed by atoms with van der Waals surface area (Å²) < 4.78 is 8.39. The van der Waals surface area contributed by atoms with Crippen LogP contribution in [0.25, 0.3) is 45.2 Å². The molecule has 0 atom stereocenters. The van der Waals surface area contributed by atoms with Gasteiger partial charge in [0.25, 0.3) is 0 Å². The van der Waals surface area contributed by atoms with Crippen LogP contribution in [-0.4, -0.2) is 43.6 Å². The molecular formula is C36H31ClN6O2. The van der Waals surface area contributed by atoms with E-state index in [0.717, 1.165) is 40.7 Å². The Morgan fingerprint density at radius 3 is 2.36 bits per heavy atom. The standard InChI is InChI=1S/C36H31ClN6O2/c37-29-13-7-12-26(19-29)34-33(25-10-5-2-6-11-25)41-36(45-34)31-20-27(21-39-35(31)38)28-22-40-43(23-28)30-14-16-42(17-15-30)32(44)18-24-8-3-1-4-9-24/h1-13,19-23,30H,14-18H2,(H2,38,39). The first-order valence-electron chi connectivity index (χ1n) is 15.0. The number of amides is 1. The number of nitrogen functional groups attached to an aromatic ring is 1. The summed E-state index contributed by atoms with van der Waals surface area (Å²) in [5, 5.41) is 5.29. The average molecular weight is 615 g/mol. The lowest BCUT2D eigenvalue weighted by atomic mass is 10.0. The summed E-state index contributed by atoms with van der Waals surface area (Å²) in [6.07, 6.45) is 7.74. The maximum Gasteiger partial charge on any atom is 0.231 e. The number of nitrogens with two attached hydrogens (primary N) is 1. The van der Waals surface area contributed by atoms with Gasteiger partial charge in [0, 0.05) is 52.8 Å². The lowest BCUT2D eigenvalue weighted by molar-refractivity contribution is -0.131. The van der Waals surface area contributed by atoms with Crippen LogP contribution in [0.15, 0.2) is 114 Å². The first-order valence-corrected chi connectivity index (χ1v) is 15.3. The van der Waals surface area contributed by atoms with Gasteiger partial charge in [-0.25, -0.2) is 9.97 Å². The molecule has 3 aromatic carbocycles. The van der Waals surface area contributed by atoms with Crippen LogP contribution in [0.4, 0.5) is 5.82 Å². The number of aromatic nitrogens is 4. The third-order valence-corrected chi connectivity index (χ3v) is 8.47. The summed E-state index contributed by atoms with van der Waals surface area (Å²) in [6.45, 7) is 1.42. The third-order valence-electron chi connectivity index (χ3n) is 8.23. The molecule has 224 valence electrons. The Balaban J connectivity index is 1.12. The summed E-state index contributed by atoms with van der Waals surface area (Å²) in [5.41, 5.74) is 12.2. The van der Waals surface area contributed by atoms with Gasteiger partial charge in [-0.1, -0.05) is 84.4 Å². The van der Waals surface area contributed by atoms with Gasteiger partial charge in [0.2, 0.25) is 11.8 Å². The number of piperidine rings is 1. The molecule has 9 heteroatoms. The second-order valence-electron chi connectivity index (χ2n) is 11.2. The van der Waals surface area contributed by atoms with Crippen molar-refractivity contribution in [2.24, 2.45) is 0 Å². The molecule has 1 saturated heterocycles. The van der Waals surface area contributed by atoms with E-state index in [9.17, 15) is 4.79 Å². The Bertz CT molecular complexity index is 1950. The second-order valence-corrected chi connectivity index (χ2v) is 11.6. The molecule has 0 bridgehead atoms. The molecule has 1 aliphatic heterocycles. The normalized spacial score (nSPS) is 13.7. The van der Waals surface area contributed by atoms with Gasteiger partial charge in [0.15, 0.2) is 5.76 Å². The number of halogens is 1. The van der Waals surface area contributed by atoms with Crippen molar-refractivity contribution in [1.82, 2.24) is 24.6 Å². The SMILES string of the molecule is Nc1ncc(-c2cnn(C3CCN(C(=O)Cc4ccccc4)CC3)c2)cc1-c1nc(-c2ccccc2)c(-c2cccc(Cl)c2)o1. The monoisotopic (exact) mass is 614 g/mol. The second kappa shape index (κ2) is 12.4. The summed E-state index contributed by atoms with van der Waals surface area (Å²) >= 11 is 6.32. The van der Waals surface area contributed by atoms with Crippen LogP contribution in [0.2, 0.25) is 5.02 Å². The van der Waals surface area contributed by atoms with Crippen LogP contribution in [0, 0.1) is 0 Å². The average Bonchev–Trinajstić information content (AvgIpc) is 3.75. The zero-order valence-electron chi connectivity index (χ0n) is 24.5. The Hall–Kier alpha value is -5.21. The van der Waals surface area contributed by atoms with Gasteiger partial charge in [0.05, 0.1) is 24.2 Å². The van der Waals surface area contributed by atoms with Crippen molar-refractivity contribution in [2.75, 3.05) is 18.8 Å². The Kier molecular flexibility index (Phi) is 7.88. The van der Waals surface area contributed by atoms with Crippen LogP contribution in [0.5, 0.6) is 0 Å². The number of anilines is 1. The maximum atomic E-state index is 12.8. The van der Waals surface area contributed by atoms with Crippen molar-refractivity contribution in [3.8, 4) is 45.2 Å². The highest BCUT2D eigenvalue weighted by molar-refractivity contribution is 6.30. The molecule has 0 aliphatic carbocycles. The number of hydrogen-bond donors (Lipinski definition) is 1. The van der Waals surface area contributed by atoms with E-state index < -0.39 is 0 Å². The van der Waals surface area contributed by atoms with Gasteiger partial charge in [0.1, 0.15) is 11.5 Å². The van der Waals surface area contributed by atoms with Gasteiger partial charge in [-0.3, -0.25) is 9.48 Å². The molecular weight excluding hydrogens is 584 g/mol. The minimum Gasteiger partial charge on any atom is -0.435 e. The number of carbonyl (C=O) groups is 1. The smallest absolute Gasteiger partial charge is 0.231 e. The molecule has 0 unspecified atom stereocenters. The first-order chi connectivity index (χ1) is 22.0. The van der Waals surface area contributed by atoms with E-state index in [-0.39, 0.29) is 11.9 Å². The molecule has 3 aromatic heterocycles. The number of likely N-dealkylation sites (tertiary alicyclic amines) is 1. The zero-order valence-corrected chi connectivity index (χ0v) is 25.3. The number of oxazole rings is 1. The van der Waals surface area contributed by atoms with E-state index in [1.165, 1.54) is 0 Å². The molecule has 7 rings (SSSR count). The molecule has 6 aromatic rings. The molecule has 0 radical (unpaired) electrons. The lowest BCUT2D eigenvalue weighted by Crippen LogP contribution is -2.39. The lowest BCUT2D eigenvalue weighted by Gasteiger charge is -2.32. The van der Waals surface area contributed by atoms with Gasteiger partial charge >= 0.3 is 0 Å². The van der Waals surface area contributed by atoms with Gasteiger partial charge in [-0.15, -0.1) is 0 Å². The number of pyridine rings is 1. The third kappa shape index (κ3) is 6.10. The number of rotatable bonds is 7. The van der Waals surface area contributed by atoms with Crippen molar-refractivity contribution >= 4 is 23.3 Å². The molecule has 4 heterocycles. The highest BCUT2D eigenvalue weighted by atomic mass is 35.5. The van der Waals surface area contributed by atoms with E-state index in [2.05, 4.69) is 10.1 Å². The van der Waals surface area contributed by atoms with E-state index in [4.69, 9.17) is 26.7 Å². The van der Waals surface area contributed by atoms with Crippen molar-refractivity contribution < 1.29 is 9.21 Å². The maximum absolute atomic E-state index is 12.8. The molecule has 1 amide bonds. The largest absolute Gasteiger partial charge is 0.435 e. The molecule has 45 heavy (non-hydrogen) atoms. The fourth-order valence-corrected chi connectivity index (χ4v) is 6.00. The Labute approximate surface area is 266 Å². The highest BCUT2D eigenvalue weighted by Crippen LogP contribution is 2.39. The van der Waals surface area contributed by atoms with Crippen molar-refractivity contribution in [1.29, 1.82) is 0 Å². The number of benzene rings is 3. The van der Waals surface area contributed by atoms with E-state index in [1.54, 1.807) is 6.20 Å². The van der Waals surface area contributed by atoms with Crippen molar-refractivity contribution in [3.63, 3.8) is 0 Å². The fraction of sp³-hybridized carbons (Fsp3) is 0.167. The predicted octanol–water partition coefficient (Wildman–Crippen LogP) is 7.58. The Morgan fingerprint density at radius 2 is 1.60 bits per heavy atom. The van der Waals surface area contributed by atoms with Crippen LogP contribution in [0.1, 0.15) is 24.4 Å². The minimum absolute atomic E-state index is 0.168. The molecule has 2 N–H and O–H groups in total. The van der Waals surface area contributed by atoms with Crippen molar-refractivity contribution in [3.05, 3.63) is 120 Å². The zero-order chi connectivity index (χ0) is 30.8. The molecule has 0 saturated carbocycles. The quantitative estimate of drug-likeness (QED) is 0.199. The van der Waals surface area contributed by atoms with Crippen molar-refractivity contribution in [2.45, 2.75) is 25.3 Å². The summed E-state index contributed by atoms with van der Waals surface area (Å²) in [5.74, 6) is 1.46. The van der Waals surface area contributed by atoms with E-state index >= 15 is 0 Å². The number of carbonyl (C=O) groups excluding carboxylic acids is 1. The van der Waals surface area contributed by atoms with Gasteiger partial charge < -0.3 is 15.1 Å². The van der Waals surface area contributed by atoms with Gasteiger partial charge in [-0.05, 0) is 36.6 Å². The van der Waals surface area contributed by atoms with E-state index in [1.807, 2.05) is 113 Å².